The van der Waals surface area contributed by atoms with Crippen LogP contribution < -0.4 is 0 Å². The highest BCUT2D eigenvalue weighted by Gasteiger charge is 2.46. The van der Waals surface area contributed by atoms with Gasteiger partial charge in [0.15, 0.2) is 0 Å². The molecule has 0 saturated carbocycles. The van der Waals surface area contributed by atoms with Crippen LogP contribution in [0.3, 0.4) is 0 Å². The van der Waals surface area contributed by atoms with Gasteiger partial charge in [0.2, 0.25) is 0 Å². The van der Waals surface area contributed by atoms with Crippen molar-refractivity contribution in [1.82, 2.24) is 24.6 Å². The average molecular weight is 319 g/mol. The van der Waals surface area contributed by atoms with E-state index in [0.29, 0.717) is 24.6 Å². The fourth-order valence-corrected chi connectivity index (χ4v) is 5.25. The number of nitrogens with zero attached hydrogens (tertiary/aromatic N) is 5. The molecule has 0 radical (unpaired) electrons. The highest BCUT2D eigenvalue weighted by molar-refractivity contribution is 5.01. The van der Waals surface area contributed by atoms with Crippen molar-refractivity contribution in [3.05, 3.63) is 12.2 Å². The van der Waals surface area contributed by atoms with E-state index in [9.17, 15) is 5.11 Å². The van der Waals surface area contributed by atoms with E-state index in [0.717, 1.165) is 31.4 Å². The van der Waals surface area contributed by atoms with E-state index in [4.69, 9.17) is 0 Å². The molecule has 4 rings (SSSR count). The molecule has 0 aromatic carbocycles. The van der Waals surface area contributed by atoms with Crippen LogP contribution in [0.15, 0.2) is 6.33 Å². The molecule has 0 aliphatic carbocycles. The fraction of sp³-hybridized carbons (Fsp3) is 0.882. The zero-order valence-electron chi connectivity index (χ0n) is 14.1. The summed E-state index contributed by atoms with van der Waals surface area (Å²) < 4.78 is 2.14. The first-order valence-electron chi connectivity index (χ1n) is 9.25. The molecule has 4 atom stereocenters. The summed E-state index contributed by atoms with van der Waals surface area (Å²) in [6.07, 6.45) is 7.09. The lowest BCUT2D eigenvalue weighted by molar-refractivity contribution is -0.0879. The van der Waals surface area contributed by atoms with E-state index in [1.54, 1.807) is 0 Å². The third kappa shape index (κ3) is 2.81. The van der Waals surface area contributed by atoms with Crippen molar-refractivity contribution >= 4 is 0 Å². The van der Waals surface area contributed by atoms with E-state index in [2.05, 4.69) is 31.5 Å². The zero-order valence-corrected chi connectivity index (χ0v) is 14.1. The molecule has 4 heterocycles. The number of aliphatic hydroxyl groups is 1. The summed E-state index contributed by atoms with van der Waals surface area (Å²) in [7, 11) is 0. The third-order valence-electron chi connectivity index (χ3n) is 6.29. The number of likely N-dealkylation sites (tertiary alicyclic amines) is 1. The molecule has 1 aromatic heterocycles. The monoisotopic (exact) mass is 319 g/mol. The van der Waals surface area contributed by atoms with Crippen molar-refractivity contribution in [2.45, 2.75) is 57.8 Å². The van der Waals surface area contributed by atoms with Gasteiger partial charge in [-0.2, -0.15) is 0 Å². The van der Waals surface area contributed by atoms with Crippen LogP contribution in [-0.2, 0) is 13.1 Å². The summed E-state index contributed by atoms with van der Waals surface area (Å²) >= 11 is 0. The Kier molecular flexibility index (Phi) is 4.39. The minimum absolute atomic E-state index is 0.312. The van der Waals surface area contributed by atoms with Crippen molar-refractivity contribution in [2.24, 2.45) is 11.8 Å². The number of hydrogen-bond acceptors (Lipinski definition) is 5. The van der Waals surface area contributed by atoms with Crippen LogP contribution in [0.2, 0.25) is 0 Å². The van der Waals surface area contributed by atoms with E-state index in [-0.39, 0.29) is 0 Å². The molecule has 3 saturated heterocycles. The molecule has 1 aromatic rings. The molecule has 6 nitrogen and oxygen atoms in total. The maximum atomic E-state index is 9.98. The first-order chi connectivity index (χ1) is 11.3. The SMILES string of the molecule is CCn1cnnc1CN1C[C@H]2C[C@@H](C1)[C@H](CO)N1CCCC[C@@H]21. The third-order valence-corrected chi connectivity index (χ3v) is 6.29. The molecule has 23 heavy (non-hydrogen) atoms. The van der Waals surface area contributed by atoms with Gasteiger partial charge in [-0.15, -0.1) is 10.2 Å². The highest BCUT2D eigenvalue weighted by atomic mass is 16.3. The molecule has 2 bridgehead atoms. The van der Waals surface area contributed by atoms with Gasteiger partial charge < -0.3 is 9.67 Å². The Morgan fingerprint density at radius 1 is 1.26 bits per heavy atom. The van der Waals surface area contributed by atoms with Crippen LogP contribution >= 0.6 is 0 Å². The van der Waals surface area contributed by atoms with Gasteiger partial charge in [0.1, 0.15) is 12.2 Å². The number of rotatable bonds is 4. The van der Waals surface area contributed by atoms with Gasteiger partial charge in [0.05, 0.1) is 13.2 Å². The lowest BCUT2D eigenvalue weighted by atomic mass is 9.72. The smallest absolute Gasteiger partial charge is 0.146 e. The van der Waals surface area contributed by atoms with Gasteiger partial charge in [-0.3, -0.25) is 9.80 Å². The number of aryl methyl sites for hydroxylation is 1. The molecular weight excluding hydrogens is 290 g/mol. The quantitative estimate of drug-likeness (QED) is 0.896. The van der Waals surface area contributed by atoms with E-state index >= 15 is 0 Å². The molecule has 128 valence electrons. The lowest BCUT2D eigenvalue weighted by Gasteiger charge is -2.56. The predicted octanol–water partition coefficient (Wildman–Crippen LogP) is 0.965. The van der Waals surface area contributed by atoms with Gasteiger partial charge in [0, 0.05) is 31.7 Å². The molecule has 3 aliphatic heterocycles. The average Bonchev–Trinajstić information content (AvgIpc) is 3.02. The first-order valence-corrected chi connectivity index (χ1v) is 9.25. The summed E-state index contributed by atoms with van der Waals surface area (Å²) in [6.45, 7) is 7.72. The van der Waals surface area contributed by atoms with Gasteiger partial charge >= 0.3 is 0 Å². The van der Waals surface area contributed by atoms with Gasteiger partial charge in [-0.05, 0) is 44.6 Å². The lowest BCUT2D eigenvalue weighted by Crippen LogP contribution is -2.64. The normalized spacial score (nSPS) is 35.2. The fourth-order valence-electron chi connectivity index (χ4n) is 5.25. The van der Waals surface area contributed by atoms with E-state index in [1.165, 1.54) is 38.8 Å². The molecule has 1 N–H and O–H groups in total. The zero-order chi connectivity index (χ0) is 15.8. The molecular formula is C17H29N5O. The van der Waals surface area contributed by atoms with Crippen LogP contribution in [0, 0.1) is 11.8 Å². The van der Waals surface area contributed by atoms with Crippen LogP contribution in [0.5, 0.6) is 0 Å². The van der Waals surface area contributed by atoms with Crippen LogP contribution in [0.1, 0.15) is 38.4 Å². The number of aromatic nitrogens is 3. The van der Waals surface area contributed by atoms with Crippen molar-refractivity contribution in [3.8, 4) is 0 Å². The van der Waals surface area contributed by atoms with Crippen molar-refractivity contribution in [3.63, 3.8) is 0 Å². The molecule has 6 heteroatoms. The summed E-state index contributed by atoms with van der Waals surface area (Å²) in [6, 6.07) is 1.05. The summed E-state index contributed by atoms with van der Waals surface area (Å²) in [5.74, 6) is 2.44. The van der Waals surface area contributed by atoms with Gasteiger partial charge in [0.25, 0.3) is 0 Å². The van der Waals surface area contributed by atoms with Crippen molar-refractivity contribution < 1.29 is 5.11 Å². The predicted molar refractivity (Wildman–Crippen MR) is 87.8 cm³/mol. The minimum atomic E-state index is 0.312. The Balaban J connectivity index is 1.51. The van der Waals surface area contributed by atoms with Crippen LogP contribution in [0.25, 0.3) is 0 Å². The Morgan fingerprint density at radius 3 is 2.96 bits per heavy atom. The highest BCUT2D eigenvalue weighted by Crippen LogP contribution is 2.41. The topological polar surface area (TPSA) is 57.4 Å². The molecule has 0 amide bonds. The second-order valence-electron chi connectivity index (χ2n) is 7.53. The maximum absolute atomic E-state index is 9.98. The summed E-state index contributed by atoms with van der Waals surface area (Å²) in [5.41, 5.74) is 0. The van der Waals surface area contributed by atoms with E-state index < -0.39 is 0 Å². The number of aliphatic hydroxyl groups excluding tert-OH is 1. The maximum Gasteiger partial charge on any atom is 0.146 e. The Bertz CT molecular complexity index is 519. The standard InChI is InChI=1S/C17H29N5O/c1-2-21-12-18-19-17(21)10-20-8-13-7-14(9-20)16(11-23)22-6-4-3-5-15(13)22/h12-16,23H,2-11H2,1H3/t13-,14+,15+,16+/m1/s1. The Labute approximate surface area is 138 Å². The number of hydrogen-bond donors (Lipinski definition) is 1. The number of fused-ring (bicyclic) bond motifs is 4. The molecule has 3 aliphatic rings. The second-order valence-corrected chi connectivity index (χ2v) is 7.53. The van der Waals surface area contributed by atoms with Crippen LogP contribution in [-0.4, -0.2) is 68.0 Å². The number of piperidine rings is 3. The largest absolute Gasteiger partial charge is 0.395 e. The summed E-state index contributed by atoms with van der Waals surface area (Å²) in [5, 5.41) is 18.4. The van der Waals surface area contributed by atoms with Crippen molar-refractivity contribution in [2.75, 3.05) is 26.2 Å². The molecule has 0 spiro atoms. The molecule has 3 fully saturated rings. The Hall–Kier alpha value is -0.980. The minimum Gasteiger partial charge on any atom is -0.395 e. The van der Waals surface area contributed by atoms with Crippen molar-refractivity contribution in [1.29, 1.82) is 0 Å². The van der Waals surface area contributed by atoms with Gasteiger partial charge in [-0.25, -0.2) is 0 Å². The second kappa shape index (κ2) is 6.49. The summed E-state index contributed by atoms with van der Waals surface area (Å²) in [4.78, 5) is 5.21. The van der Waals surface area contributed by atoms with Gasteiger partial charge in [-0.1, -0.05) is 6.42 Å². The first kappa shape index (κ1) is 15.5. The van der Waals surface area contributed by atoms with E-state index in [1.807, 2.05) is 6.33 Å². The molecule has 0 unspecified atom stereocenters. The van der Waals surface area contributed by atoms with Crippen LogP contribution in [0.4, 0.5) is 0 Å². The Morgan fingerprint density at radius 2 is 2.13 bits per heavy atom.